The predicted molar refractivity (Wildman–Crippen MR) is 105 cm³/mol. The predicted octanol–water partition coefficient (Wildman–Crippen LogP) is 1.75. The summed E-state index contributed by atoms with van der Waals surface area (Å²) in [6.45, 7) is 4.45. The number of nitrogens with one attached hydrogen (secondary N) is 2. The minimum absolute atomic E-state index is 0.116. The second-order valence-corrected chi connectivity index (χ2v) is 7.93. The van der Waals surface area contributed by atoms with Crippen molar-refractivity contribution in [1.29, 1.82) is 0 Å². The van der Waals surface area contributed by atoms with Crippen LogP contribution in [0.1, 0.15) is 50.7 Å². The lowest BCUT2D eigenvalue weighted by Gasteiger charge is -2.22. The van der Waals surface area contributed by atoms with Crippen molar-refractivity contribution < 1.29 is 23.9 Å². The average Bonchev–Trinajstić information content (AvgIpc) is 3.25. The van der Waals surface area contributed by atoms with E-state index in [-0.39, 0.29) is 11.9 Å². The van der Waals surface area contributed by atoms with E-state index in [1.807, 2.05) is 19.1 Å². The number of carbonyl (C=O) groups is 4. The van der Waals surface area contributed by atoms with Crippen molar-refractivity contribution in [3.05, 3.63) is 35.4 Å². The van der Waals surface area contributed by atoms with Crippen LogP contribution in [-0.4, -0.2) is 47.4 Å². The van der Waals surface area contributed by atoms with E-state index in [1.165, 1.54) is 6.92 Å². The Labute approximate surface area is 170 Å². The molecular weight excluding hydrogens is 374 g/mol. The van der Waals surface area contributed by atoms with Crippen LogP contribution in [0.3, 0.4) is 0 Å². The monoisotopic (exact) mass is 401 g/mol. The summed E-state index contributed by atoms with van der Waals surface area (Å²) in [5, 5.41) is 5.50. The number of imide groups is 1. The van der Waals surface area contributed by atoms with Crippen LogP contribution in [0.15, 0.2) is 24.3 Å². The number of nitrogens with zero attached hydrogens (tertiary/aromatic N) is 1. The zero-order valence-corrected chi connectivity index (χ0v) is 17.0. The Bertz CT molecular complexity index is 816. The van der Waals surface area contributed by atoms with E-state index >= 15 is 0 Å². The number of rotatable bonds is 6. The standard InChI is InChI=1S/C21H27N3O5/c1-13-8-10-15(11-9-13)21(3)19(27)24(20(28)23-21)12-17(25)29-14(2)18(26)22-16-6-4-5-7-16/h8-11,14,16H,4-7,12H2,1-3H3,(H,22,26)(H,23,28)/t14-,21-/m1/s1. The first kappa shape index (κ1) is 20.8. The maximum atomic E-state index is 12.9. The first-order valence-corrected chi connectivity index (χ1v) is 9.92. The third-order valence-corrected chi connectivity index (χ3v) is 5.57. The number of carbonyl (C=O) groups excluding carboxylic acids is 4. The average molecular weight is 401 g/mol. The highest BCUT2D eigenvalue weighted by Crippen LogP contribution is 2.29. The van der Waals surface area contributed by atoms with Crippen molar-refractivity contribution >= 4 is 23.8 Å². The number of esters is 1. The Morgan fingerprint density at radius 3 is 2.48 bits per heavy atom. The summed E-state index contributed by atoms with van der Waals surface area (Å²) in [5.74, 6) is -1.71. The molecule has 2 aliphatic rings. The van der Waals surface area contributed by atoms with Crippen LogP contribution in [-0.2, 0) is 24.7 Å². The molecule has 1 saturated carbocycles. The molecule has 0 radical (unpaired) electrons. The summed E-state index contributed by atoms with van der Waals surface area (Å²) in [5.41, 5.74) is 0.400. The second-order valence-electron chi connectivity index (χ2n) is 7.93. The maximum Gasteiger partial charge on any atom is 0.327 e. The third kappa shape index (κ3) is 4.41. The van der Waals surface area contributed by atoms with E-state index in [2.05, 4.69) is 10.6 Å². The molecule has 8 heteroatoms. The molecule has 2 N–H and O–H groups in total. The number of urea groups is 1. The Hall–Kier alpha value is -2.90. The minimum atomic E-state index is -1.25. The molecule has 3 rings (SSSR count). The van der Waals surface area contributed by atoms with Gasteiger partial charge in [-0.25, -0.2) is 4.79 Å². The highest BCUT2D eigenvalue weighted by molar-refractivity contribution is 6.08. The van der Waals surface area contributed by atoms with Crippen LogP contribution in [0, 0.1) is 6.92 Å². The summed E-state index contributed by atoms with van der Waals surface area (Å²) >= 11 is 0. The first-order chi connectivity index (χ1) is 13.7. The summed E-state index contributed by atoms with van der Waals surface area (Å²) in [4.78, 5) is 50.4. The number of ether oxygens (including phenoxy) is 1. The number of amides is 4. The molecule has 156 valence electrons. The van der Waals surface area contributed by atoms with Crippen molar-refractivity contribution in [2.75, 3.05) is 6.54 Å². The van der Waals surface area contributed by atoms with E-state index in [1.54, 1.807) is 19.1 Å². The fraction of sp³-hybridized carbons (Fsp3) is 0.524. The fourth-order valence-electron chi connectivity index (χ4n) is 3.73. The molecule has 2 atom stereocenters. The van der Waals surface area contributed by atoms with Crippen molar-refractivity contribution in [1.82, 2.24) is 15.5 Å². The van der Waals surface area contributed by atoms with Gasteiger partial charge in [0.05, 0.1) is 0 Å². The lowest BCUT2D eigenvalue weighted by Crippen LogP contribution is -2.44. The van der Waals surface area contributed by atoms with Gasteiger partial charge in [0, 0.05) is 6.04 Å². The van der Waals surface area contributed by atoms with Crippen molar-refractivity contribution in [3.8, 4) is 0 Å². The smallest absolute Gasteiger partial charge is 0.327 e. The molecule has 1 saturated heterocycles. The van der Waals surface area contributed by atoms with E-state index < -0.39 is 36.1 Å². The van der Waals surface area contributed by atoms with Gasteiger partial charge in [-0.3, -0.25) is 19.3 Å². The van der Waals surface area contributed by atoms with Crippen LogP contribution in [0.2, 0.25) is 0 Å². The Kier molecular flexibility index (Phi) is 5.91. The van der Waals surface area contributed by atoms with Crippen LogP contribution < -0.4 is 10.6 Å². The molecular formula is C21H27N3O5. The summed E-state index contributed by atoms with van der Waals surface area (Å²) in [7, 11) is 0. The zero-order chi connectivity index (χ0) is 21.2. The van der Waals surface area contributed by atoms with Crippen molar-refractivity contribution in [3.63, 3.8) is 0 Å². The largest absolute Gasteiger partial charge is 0.451 e. The summed E-state index contributed by atoms with van der Waals surface area (Å²) in [6, 6.07) is 6.68. The Morgan fingerprint density at radius 2 is 1.86 bits per heavy atom. The van der Waals surface area contributed by atoms with Crippen LogP contribution in [0.5, 0.6) is 0 Å². The molecule has 4 amide bonds. The molecule has 0 aromatic heterocycles. The third-order valence-electron chi connectivity index (χ3n) is 5.57. The van der Waals surface area contributed by atoms with E-state index in [9.17, 15) is 19.2 Å². The van der Waals surface area contributed by atoms with Crippen LogP contribution >= 0.6 is 0 Å². The minimum Gasteiger partial charge on any atom is -0.451 e. The molecule has 0 unspecified atom stereocenters. The van der Waals surface area contributed by atoms with Crippen molar-refractivity contribution in [2.45, 2.75) is 64.1 Å². The van der Waals surface area contributed by atoms with Gasteiger partial charge in [0.25, 0.3) is 11.8 Å². The lowest BCUT2D eigenvalue weighted by atomic mass is 9.91. The number of aryl methyl sites for hydroxylation is 1. The molecule has 0 spiro atoms. The number of hydrogen-bond donors (Lipinski definition) is 2. The van der Waals surface area contributed by atoms with Crippen LogP contribution in [0.4, 0.5) is 4.79 Å². The zero-order valence-electron chi connectivity index (χ0n) is 17.0. The van der Waals surface area contributed by atoms with Crippen molar-refractivity contribution in [2.24, 2.45) is 0 Å². The molecule has 0 bridgehead atoms. The number of hydrogen-bond acceptors (Lipinski definition) is 5. The number of benzene rings is 1. The van der Waals surface area contributed by atoms with Gasteiger partial charge in [0.1, 0.15) is 12.1 Å². The summed E-state index contributed by atoms with van der Waals surface area (Å²) < 4.78 is 5.15. The van der Waals surface area contributed by atoms with Gasteiger partial charge in [-0.15, -0.1) is 0 Å². The molecule has 1 aliphatic heterocycles. The molecule has 1 aromatic carbocycles. The molecule has 1 aliphatic carbocycles. The quantitative estimate of drug-likeness (QED) is 0.558. The van der Waals surface area contributed by atoms with E-state index in [0.717, 1.165) is 36.1 Å². The topological polar surface area (TPSA) is 105 Å². The van der Waals surface area contributed by atoms with E-state index in [0.29, 0.717) is 5.56 Å². The molecule has 8 nitrogen and oxygen atoms in total. The first-order valence-electron chi connectivity index (χ1n) is 9.92. The van der Waals surface area contributed by atoms with Gasteiger partial charge >= 0.3 is 12.0 Å². The van der Waals surface area contributed by atoms with Gasteiger partial charge in [-0.05, 0) is 39.2 Å². The SMILES string of the molecule is Cc1ccc([C@@]2(C)NC(=O)N(CC(=O)O[C@H](C)C(=O)NC3CCCC3)C2=O)cc1. The normalized spacial score (nSPS) is 23.1. The van der Waals surface area contributed by atoms with Gasteiger partial charge in [-0.2, -0.15) is 0 Å². The molecule has 1 heterocycles. The molecule has 2 fully saturated rings. The van der Waals surface area contributed by atoms with Gasteiger partial charge < -0.3 is 15.4 Å². The van der Waals surface area contributed by atoms with Gasteiger partial charge in [-0.1, -0.05) is 42.7 Å². The molecule has 29 heavy (non-hydrogen) atoms. The lowest BCUT2D eigenvalue weighted by molar-refractivity contribution is -0.156. The fourth-order valence-corrected chi connectivity index (χ4v) is 3.73. The van der Waals surface area contributed by atoms with Gasteiger partial charge in [0.15, 0.2) is 6.10 Å². The maximum absolute atomic E-state index is 12.9. The highest BCUT2D eigenvalue weighted by Gasteiger charge is 2.49. The molecule has 1 aromatic rings. The van der Waals surface area contributed by atoms with Gasteiger partial charge in [0.2, 0.25) is 0 Å². The Balaban J connectivity index is 1.59. The second kappa shape index (κ2) is 8.23. The summed E-state index contributed by atoms with van der Waals surface area (Å²) in [6.07, 6.45) is 3.00. The Morgan fingerprint density at radius 1 is 1.24 bits per heavy atom. The van der Waals surface area contributed by atoms with E-state index in [4.69, 9.17) is 4.74 Å². The highest BCUT2D eigenvalue weighted by atomic mass is 16.5. The van der Waals surface area contributed by atoms with Crippen LogP contribution in [0.25, 0.3) is 0 Å².